The molecule has 0 unspecified atom stereocenters. The Morgan fingerprint density at radius 1 is 0.885 bits per heavy atom. The Kier molecular flexibility index (Phi) is 8.76. The maximum absolute atomic E-state index is 12.7. The fraction of sp³-hybridized carbons (Fsp3) is 0.238. The van der Waals surface area contributed by atoms with Crippen molar-refractivity contribution in [2.24, 2.45) is 0 Å². The lowest BCUT2D eigenvalue weighted by atomic mass is 9.81. The van der Waals surface area contributed by atoms with Gasteiger partial charge in [-0.3, -0.25) is 0 Å². The third-order valence-corrected chi connectivity index (χ3v) is 4.11. The van der Waals surface area contributed by atoms with Crippen LogP contribution in [0.4, 0.5) is 0 Å². The topological polar surface area (TPSA) is 52.6 Å². The van der Waals surface area contributed by atoms with Crippen molar-refractivity contribution >= 4 is 23.7 Å². The fourth-order valence-corrected chi connectivity index (χ4v) is 3.10. The van der Waals surface area contributed by atoms with Crippen molar-refractivity contribution in [3.05, 3.63) is 85.3 Å². The van der Waals surface area contributed by atoms with Crippen LogP contribution in [-0.4, -0.2) is 31.4 Å². The van der Waals surface area contributed by atoms with Crippen molar-refractivity contribution in [2.75, 3.05) is 19.5 Å². The molecular weight excluding hydrogens is 348 g/mol. The van der Waals surface area contributed by atoms with Crippen LogP contribution in [0.5, 0.6) is 0 Å². The Bertz CT molecular complexity index is 532. The molecule has 2 saturated carbocycles. The highest BCUT2D eigenvalue weighted by molar-refractivity contribution is 8.01. The summed E-state index contributed by atoms with van der Waals surface area (Å²) in [5, 5.41) is 1.93. The van der Waals surface area contributed by atoms with E-state index >= 15 is 0 Å². The van der Waals surface area contributed by atoms with Crippen LogP contribution in [0.1, 0.15) is 13.8 Å². The van der Waals surface area contributed by atoms with Crippen molar-refractivity contribution in [3.63, 3.8) is 0 Å². The molecule has 0 saturated heterocycles. The number of rotatable bonds is 8. The normalized spacial score (nSPS) is 18.8. The van der Waals surface area contributed by atoms with Gasteiger partial charge in [0.15, 0.2) is 0 Å². The van der Waals surface area contributed by atoms with Gasteiger partial charge in [0, 0.05) is 11.8 Å². The molecule has 2 fully saturated rings. The number of carbonyl (C=O) groups excluding carboxylic acids is 2. The van der Waals surface area contributed by atoms with Gasteiger partial charge in [-0.25, -0.2) is 9.59 Å². The van der Waals surface area contributed by atoms with E-state index in [0.29, 0.717) is 5.57 Å². The summed E-state index contributed by atoms with van der Waals surface area (Å²) in [7, 11) is 0. The molecule has 4 nitrogen and oxygen atoms in total. The highest BCUT2D eigenvalue weighted by atomic mass is 32.2. The SMILES string of the molecule is CCOC(=O)C(C(=O)OCC)=C([C]1[CH][CH][CH][CH]1)/C(=C/SC)[C]1[CH][CH][CH][CH]1. The van der Waals surface area contributed by atoms with E-state index in [4.69, 9.17) is 9.47 Å². The number of esters is 2. The number of ether oxygens (including phenoxy) is 2. The van der Waals surface area contributed by atoms with Gasteiger partial charge in [-0.2, -0.15) is 0 Å². The van der Waals surface area contributed by atoms with E-state index in [0.717, 1.165) is 17.4 Å². The lowest BCUT2D eigenvalue weighted by Gasteiger charge is -2.24. The number of hydrogen-bond acceptors (Lipinski definition) is 5. The number of thioether (sulfide) groups is 1. The Labute approximate surface area is 161 Å². The molecule has 5 heteroatoms. The van der Waals surface area contributed by atoms with E-state index in [2.05, 4.69) is 0 Å². The van der Waals surface area contributed by atoms with E-state index in [1.165, 1.54) is 11.8 Å². The molecule has 0 spiro atoms. The third kappa shape index (κ3) is 5.15. The maximum atomic E-state index is 12.7. The fourth-order valence-electron chi connectivity index (χ4n) is 2.61. The minimum atomic E-state index is -0.680. The van der Waals surface area contributed by atoms with Crippen molar-refractivity contribution < 1.29 is 19.1 Å². The van der Waals surface area contributed by atoms with Crippen molar-refractivity contribution in [3.8, 4) is 0 Å². The predicted molar refractivity (Wildman–Crippen MR) is 103 cm³/mol. The van der Waals surface area contributed by atoms with Gasteiger partial charge in [0.25, 0.3) is 0 Å². The maximum Gasteiger partial charge on any atom is 0.345 e. The van der Waals surface area contributed by atoms with Crippen LogP contribution in [0.25, 0.3) is 0 Å². The lowest BCUT2D eigenvalue weighted by Crippen LogP contribution is -2.24. The average Bonchev–Trinajstić information content (AvgIpc) is 3.31. The van der Waals surface area contributed by atoms with E-state index in [1.54, 1.807) is 13.8 Å². The molecule has 26 heavy (non-hydrogen) atoms. The zero-order valence-corrected chi connectivity index (χ0v) is 16.0. The second kappa shape index (κ2) is 10.8. The highest BCUT2D eigenvalue weighted by Gasteiger charge is 2.37. The van der Waals surface area contributed by atoms with Gasteiger partial charge in [0.2, 0.25) is 0 Å². The molecule has 0 aromatic carbocycles. The van der Waals surface area contributed by atoms with Crippen LogP contribution in [-0.2, 0) is 19.1 Å². The van der Waals surface area contributed by atoms with Gasteiger partial charge in [0.1, 0.15) is 5.57 Å². The van der Waals surface area contributed by atoms with Crippen molar-refractivity contribution in [1.82, 2.24) is 0 Å². The Morgan fingerprint density at radius 2 is 1.35 bits per heavy atom. The smallest absolute Gasteiger partial charge is 0.345 e. The predicted octanol–water partition coefficient (Wildman–Crippen LogP) is 3.47. The first kappa shape index (κ1) is 21.1. The first-order valence-corrected chi connectivity index (χ1v) is 9.68. The highest BCUT2D eigenvalue weighted by Crippen LogP contribution is 2.44. The zero-order chi connectivity index (χ0) is 18.9. The van der Waals surface area contributed by atoms with Crippen LogP contribution >= 0.6 is 11.8 Å². The summed E-state index contributed by atoms with van der Waals surface area (Å²) >= 11 is 1.50. The standard InChI is InChI=1S/C21H22O4S/c1-4-24-20(22)19(21(23)25-5-2)18(16-12-8-9-13-16)17(14-26-3)15-10-6-7-11-15/h6-14H,4-5H2,1-3H3/b17-14+. The van der Waals surface area contributed by atoms with Gasteiger partial charge < -0.3 is 9.47 Å². The number of hydrogen-bond donors (Lipinski definition) is 0. The third-order valence-electron chi connectivity index (χ3n) is 3.64. The average molecular weight is 370 g/mol. The summed E-state index contributed by atoms with van der Waals surface area (Å²) in [5.41, 5.74) is 1.22. The Balaban J connectivity index is 2.58. The molecular formula is C21H22O4S. The summed E-state index contributed by atoms with van der Waals surface area (Å²) in [5.74, 6) is 0.325. The Morgan fingerprint density at radius 3 is 1.77 bits per heavy atom. The summed E-state index contributed by atoms with van der Waals surface area (Å²) in [4.78, 5) is 25.3. The molecule has 0 aromatic rings. The minimum absolute atomic E-state index is 0.0820. The van der Waals surface area contributed by atoms with Crippen molar-refractivity contribution in [2.45, 2.75) is 13.8 Å². The monoisotopic (exact) mass is 370 g/mol. The van der Waals surface area contributed by atoms with Gasteiger partial charge in [-0.15, -0.1) is 11.8 Å². The summed E-state index contributed by atoms with van der Waals surface area (Å²) < 4.78 is 10.3. The summed E-state index contributed by atoms with van der Waals surface area (Å²) in [6.45, 7) is 3.76. The van der Waals surface area contributed by atoms with Gasteiger partial charge in [-0.05, 0) is 88.0 Å². The molecule has 0 aliphatic heterocycles. The van der Waals surface area contributed by atoms with Crippen LogP contribution in [0.15, 0.2) is 22.1 Å². The molecule has 0 atom stereocenters. The largest absolute Gasteiger partial charge is 0.462 e. The molecule has 0 heterocycles. The van der Waals surface area contributed by atoms with Crippen molar-refractivity contribution in [1.29, 1.82) is 0 Å². The molecule has 0 bridgehead atoms. The van der Waals surface area contributed by atoms with E-state index in [-0.39, 0.29) is 18.8 Å². The quantitative estimate of drug-likeness (QED) is 0.215. The molecule has 2 aliphatic carbocycles. The Hall–Kier alpha value is -1.23. The summed E-state index contributed by atoms with van der Waals surface area (Å²) in [6.07, 6.45) is 17.1. The molecule has 136 valence electrons. The number of allylic oxidation sites excluding steroid dienone is 2. The molecule has 0 N–H and O–H groups in total. The molecule has 0 aromatic heterocycles. The van der Waals surface area contributed by atoms with E-state index < -0.39 is 11.9 Å². The van der Waals surface area contributed by atoms with Gasteiger partial charge in [0.05, 0.1) is 13.2 Å². The summed E-state index contributed by atoms with van der Waals surface area (Å²) in [6, 6.07) is 0. The number of carbonyl (C=O) groups is 2. The first-order chi connectivity index (χ1) is 12.6. The van der Waals surface area contributed by atoms with Crippen LogP contribution < -0.4 is 0 Å². The molecule has 2 rings (SSSR count). The second-order valence-corrected chi connectivity index (χ2v) is 6.01. The van der Waals surface area contributed by atoms with Gasteiger partial charge in [-0.1, -0.05) is 0 Å². The van der Waals surface area contributed by atoms with E-state index in [9.17, 15) is 9.59 Å². The zero-order valence-electron chi connectivity index (χ0n) is 15.2. The van der Waals surface area contributed by atoms with Crippen LogP contribution in [0, 0.1) is 63.2 Å². The van der Waals surface area contributed by atoms with E-state index in [1.807, 2.05) is 63.0 Å². The molecule has 0 amide bonds. The molecule has 10 radical (unpaired) electrons. The van der Waals surface area contributed by atoms with Gasteiger partial charge >= 0.3 is 11.9 Å². The van der Waals surface area contributed by atoms with Crippen LogP contribution in [0.3, 0.4) is 0 Å². The molecule has 2 aliphatic rings. The lowest BCUT2D eigenvalue weighted by molar-refractivity contribution is -0.146. The first-order valence-electron chi connectivity index (χ1n) is 8.40. The minimum Gasteiger partial charge on any atom is -0.462 e. The van der Waals surface area contributed by atoms with Crippen LogP contribution in [0.2, 0.25) is 0 Å². The second-order valence-electron chi connectivity index (χ2n) is 5.31.